The van der Waals surface area contributed by atoms with Gasteiger partial charge in [-0.2, -0.15) is 10.1 Å². The van der Waals surface area contributed by atoms with Crippen molar-refractivity contribution in [3.8, 4) is 0 Å². The Kier molecular flexibility index (Phi) is 13.3. The molecule has 1 unspecified atom stereocenters. The van der Waals surface area contributed by atoms with E-state index in [1.54, 1.807) is 0 Å². The van der Waals surface area contributed by atoms with Crippen LogP contribution in [0, 0.1) is 10.1 Å². The molecule has 0 aliphatic carbocycles. The summed E-state index contributed by atoms with van der Waals surface area (Å²) in [6, 6.07) is 2.68. The van der Waals surface area contributed by atoms with Gasteiger partial charge in [0.05, 0.1) is 18.8 Å². The van der Waals surface area contributed by atoms with Crippen molar-refractivity contribution in [2.45, 2.75) is 51.6 Å². The van der Waals surface area contributed by atoms with Gasteiger partial charge in [-0.1, -0.05) is 39.0 Å². The van der Waals surface area contributed by atoms with E-state index in [-0.39, 0.29) is 42.6 Å². The second-order valence-corrected chi connectivity index (χ2v) is 8.18. The van der Waals surface area contributed by atoms with Crippen molar-refractivity contribution in [1.29, 1.82) is 0 Å². The highest BCUT2D eigenvalue weighted by atomic mass is 35.5. The highest BCUT2D eigenvalue weighted by Crippen LogP contribution is 2.17. The average Bonchev–Trinajstić information content (AvgIpc) is 3.37. The van der Waals surface area contributed by atoms with E-state index in [1.165, 1.54) is 68.4 Å². The SMILES string of the molecule is CCCCCCCCN1CCN(CC2CN(/N=C/c3ccc([N+](=O)[O-])o3)C(=O)O2)CC1.Cl.Cl. The predicted molar refractivity (Wildman–Crippen MR) is 131 cm³/mol. The number of rotatable bonds is 12. The standard InChI is InChI=1S/C21H33N5O5.2ClH/c1-2-3-4-5-6-7-10-23-11-13-24(14-12-23)16-19-17-25(21(27)31-19)22-15-18-8-9-20(30-18)26(28)29;;/h8-9,15,19H,2-7,10-14,16-17H2,1H3;2*1H/b22-15+;;. The Balaban J connectivity index is 0.00000272. The van der Waals surface area contributed by atoms with Crippen LogP contribution in [0.2, 0.25) is 0 Å². The molecule has 0 aromatic carbocycles. The van der Waals surface area contributed by atoms with E-state index < -0.39 is 11.0 Å². The van der Waals surface area contributed by atoms with E-state index in [0.29, 0.717) is 13.1 Å². The van der Waals surface area contributed by atoms with Crippen molar-refractivity contribution >= 4 is 43.0 Å². The van der Waals surface area contributed by atoms with Crippen molar-refractivity contribution in [2.24, 2.45) is 5.10 Å². The number of carbonyl (C=O) groups is 1. The molecule has 1 aromatic heterocycles. The molecule has 2 aliphatic rings. The largest absolute Gasteiger partial charge is 0.441 e. The van der Waals surface area contributed by atoms with Crippen LogP contribution in [-0.2, 0) is 4.74 Å². The van der Waals surface area contributed by atoms with Gasteiger partial charge >= 0.3 is 12.0 Å². The molecule has 0 N–H and O–H groups in total. The van der Waals surface area contributed by atoms with Gasteiger partial charge in [0, 0.05) is 32.7 Å². The maximum atomic E-state index is 12.0. The van der Waals surface area contributed by atoms with Crippen molar-refractivity contribution in [2.75, 3.05) is 45.8 Å². The zero-order valence-electron chi connectivity index (χ0n) is 19.1. The Labute approximate surface area is 207 Å². The lowest BCUT2D eigenvalue weighted by Crippen LogP contribution is -2.49. The van der Waals surface area contributed by atoms with Gasteiger partial charge in [-0.05, 0) is 19.0 Å². The summed E-state index contributed by atoms with van der Waals surface area (Å²) in [5.41, 5.74) is 0. The van der Waals surface area contributed by atoms with Crippen LogP contribution in [0.15, 0.2) is 21.7 Å². The molecule has 1 amide bonds. The molecule has 1 aromatic rings. The molecule has 188 valence electrons. The molecule has 2 aliphatic heterocycles. The normalized spacial score (nSPS) is 19.4. The van der Waals surface area contributed by atoms with E-state index in [2.05, 4.69) is 21.8 Å². The topological polar surface area (TPSA) is 105 Å². The van der Waals surface area contributed by atoms with Crippen LogP contribution in [0.5, 0.6) is 0 Å². The van der Waals surface area contributed by atoms with Gasteiger partial charge < -0.3 is 14.1 Å². The number of hydrogen-bond acceptors (Lipinski definition) is 8. The molecule has 1 atom stereocenters. The summed E-state index contributed by atoms with van der Waals surface area (Å²) < 4.78 is 10.4. The number of nitrogens with zero attached hydrogens (tertiary/aromatic N) is 5. The summed E-state index contributed by atoms with van der Waals surface area (Å²) in [5.74, 6) is -0.150. The first-order valence-corrected chi connectivity index (χ1v) is 11.3. The van der Waals surface area contributed by atoms with Gasteiger partial charge in [-0.15, -0.1) is 24.8 Å². The number of cyclic esters (lactones) is 1. The Morgan fingerprint density at radius 1 is 1.09 bits per heavy atom. The van der Waals surface area contributed by atoms with Gasteiger partial charge in [-0.3, -0.25) is 15.0 Å². The maximum absolute atomic E-state index is 12.0. The minimum Gasteiger partial charge on any atom is -0.441 e. The Morgan fingerprint density at radius 3 is 2.42 bits per heavy atom. The quantitative estimate of drug-likeness (QED) is 0.181. The number of hydrazone groups is 1. The zero-order valence-corrected chi connectivity index (χ0v) is 20.7. The molecule has 33 heavy (non-hydrogen) atoms. The summed E-state index contributed by atoms with van der Waals surface area (Å²) in [7, 11) is 0. The van der Waals surface area contributed by atoms with Crippen LogP contribution in [-0.4, -0.2) is 84.0 Å². The fourth-order valence-corrected chi connectivity index (χ4v) is 3.93. The minimum atomic E-state index is -0.620. The first-order chi connectivity index (χ1) is 15.0. The molecule has 0 spiro atoms. The molecule has 0 radical (unpaired) electrons. The lowest BCUT2D eigenvalue weighted by Gasteiger charge is -2.35. The summed E-state index contributed by atoms with van der Waals surface area (Å²) in [6.45, 7) is 8.51. The highest BCUT2D eigenvalue weighted by molar-refractivity contribution is 5.85. The van der Waals surface area contributed by atoms with Crippen molar-refractivity contribution in [1.82, 2.24) is 14.8 Å². The third-order valence-electron chi connectivity index (χ3n) is 5.73. The number of unbranched alkanes of at least 4 members (excludes halogenated alkanes) is 5. The van der Waals surface area contributed by atoms with E-state index in [0.717, 1.165) is 26.2 Å². The van der Waals surface area contributed by atoms with Crippen LogP contribution in [0.3, 0.4) is 0 Å². The van der Waals surface area contributed by atoms with Crippen LogP contribution >= 0.6 is 24.8 Å². The second kappa shape index (κ2) is 15.1. The van der Waals surface area contributed by atoms with Crippen LogP contribution in [0.1, 0.15) is 51.2 Å². The minimum absolute atomic E-state index is 0. The average molecular weight is 508 g/mol. The molecular formula is C21H35Cl2N5O5. The zero-order chi connectivity index (χ0) is 22.1. The molecular weight excluding hydrogens is 473 g/mol. The summed E-state index contributed by atoms with van der Waals surface area (Å²) >= 11 is 0. The molecule has 12 heteroatoms. The predicted octanol–water partition coefficient (Wildman–Crippen LogP) is 4.16. The van der Waals surface area contributed by atoms with E-state index in [4.69, 9.17) is 9.15 Å². The van der Waals surface area contributed by atoms with Gasteiger partial charge in [0.15, 0.2) is 5.76 Å². The van der Waals surface area contributed by atoms with Gasteiger partial charge in [0.2, 0.25) is 0 Å². The fourth-order valence-electron chi connectivity index (χ4n) is 3.93. The molecule has 3 heterocycles. The molecule has 0 saturated carbocycles. The summed E-state index contributed by atoms with van der Waals surface area (Å²) in [6.07, 6.45) is 8.47. The van der Waals surface area contributed by atoms with E-state index in [1.807, 2.05) is 0 Å². The van der Waals surface area contributed by atoms with E-state index >= 15 is 0 Å². The second-order valence-electron chi connectivity index (χ2n) is 8.18. The van der Waals surface area contributed by atoms with Gasteiger partial charge in [-0.25, -0.2) is 4.79 Å². The molecule has 2 fully saturated rings. The molecule has 0 bridgehead atoms. The number of furan rings is 1. The van der Waals surface area contributed by atoms with Crippen LogP contribution in [0.4, 0.5) is 10.7 Å². The number of amides is 1. The molecule has 3 rings (SSSR count). The Hall–Kier alpha value is -1.88. The number of carbonyl (C=O) groups excluding carboxylic acids is 1. The van der Waals surface area contributed by atoms with Gasteiger partial charge in [0.1, 0.15) is 11.0 Å². The fraction of sp³-hybridized carbons (Fsp3) is 0.714. The van der Waals surface area contributed by atoms with Gasteiger partial charge in [0.25, 0.3) is 0 Å². The van der Waals surface area contributed by atoms with Crippen LogP contribution in [0.25, 0.3) is 0 Å². The molecule has 2 saturated heterocycles. The first-order valence-electron chi connectivity index (χ1n) is 11.3. The first kappa shape index (κ1) is 29.2. The Morgan fingerprint density at radius 2 is 1.76 bits per heavy atom. The highest BCUT2D eigenvalue weighted by Gasteiger charge is 2.33. The monoisotopic (exact) mass is 507 g/mol. The number of nitro groups is 1. The third-order valence-corrected chi connectivity index (χ3v) is 5.73. The number of ether oxygens (including phenoxy) is 1. The summed E-state index contributed by atoms with van der Waals surface area (Å²) in [4.78, 5) is 26.9. The van der Waals surface area contributed by atoms with Crippen molar-refractivity contribution in [3.63, 3.8) is 0 Å². The van der Waals surface area contributed by atoms with Crippen molar-refractivity contribution < 1.29 is 18.9 Å². The van der Waals surface area contributed by atoms with E-state index in [9.17, 15) is 14.9 Å². The third kappa shape index (κ3) is 9.48. The maximum Gasteiger partial charge on any atom is 0.433 e. The van der Waals surface area contributed by atoms with Crippen LogP contribution < -0.4 is 0 Å². The smallest absolute Gasteiger partial charge is 0.433 e. The van der Waals surface area contributed by atoms with Crippen molar-refractivity contribution in [3.05, 3.63) is 28.0 Å². The number of hydrogen-bond donors (Lipinski definition) is 0. The Bertz CT molecular complexity index is 755. The number of halogens is 2. The number of piperazine rings is 1. The molecule has 10 nitrogen and oxygen atoms in total. The summed E-state index contributed by atoms with van der Waals surface area (Å²) in [5, 5.41) is 15.9. The lowest BCUT2D eigenvalue weighted by molar-refractivity contribution is -0.402. The lowest BCUT2D eigenvalue weighted by atomic mass is 10.1.